The van der Waals surface area contributed by atoms with E-state index >= 15 is 0 Å². The van der Waals surface area contributed by atoms with E-state index in [0.29, 0.717) is 0 Å². The first-order chi connectivity index (χ1) is 8.08. The quantitative estimate of drug-likeness (QED) is 0.732. The molecule has 1 unspecified atom stereocenters. The Balaban J connectivity index is 2.15. The number of anilines is 1. The summed E-state index contributed by atoms with van der Waals surface area (Å²) in [5.41, 5.74) is 0.761. The lowest BCUT2D eigenvalue weighted by Crippen LogP contribution is -2.37. The Hall–Kier alpha value is 0.440. The Morgan fingerprint density at radius 3 is 2.53 bits per heavy atom. The SMILES string of the molecule is O=C(Nc1c(Br)cc(Br)cc1Br)C1CSCN1. The van der Waals surface area contributed by atoms with Gasteiger partial charge in [0.15, 0.2) is 0 Å². The van der Waals surface area contributed by atoms with Crippen LogP contribution in [0.25, 0.3) is 0 Å². The van der Waals surface area contributed by atoms with Crippen molar-refractivity contribution in [3.63, 3.8) is 0 Å². The summed E-state index contributed by atoms with van der Waals surface area (Å²) in [5, 5.41) is 6.06. The number of rotatable bonds is 2. The van der Waals surface area contributed by atoms with E-state index in [-0.39, 0.29) is 11.9 Å². The predicted octanol–water partition coefficient (Wildman–Crippen LogP) is 3.58. The van der Waals surface area contributed by atoms with Gasteiger partial charge in [-0.2, -0.15) is 0 Å². The predicted molar refractivity (Wildman–Crippen MR) is 82.4 cm³/mol. The molecule has 3 nitrogen and oxygen atoms in total. The first-order valence-electron chi connectivity index (χ1n) is 4.84. The van der Waals surface area contributed by atoms with Crippen molar-refractivity contribution in [3.05, 3.63) is 25.6 Å². The number of hydrogen-bond donors (Lipinski definition) is 2. The Labute approximate surface area is 129 Å². The lowest BCUT2D eigenvalue weighted by molar-refractivity contribution is -0.117. The molecular weight excluding hydrogens is 436 g/mol. The van der Waals surface area contributed by atoms with Crippen molar-refractivity contribution >= 4 is 71.1 Å². The lowest BCUT2D eigenvalue weighted by atomic mass is 10.2. The van der Waals surface area contributed by atoms with Crippen LogP contribution in [0.15, 0.2) is 25.6 Å². The van der Waals surface area contributed by atoms with E-state index in [1.807, 2.05) is 12.1 Å². The highest BCUT2D eigenvalue weighted by atomic mass is 79.9. The standard InChI is InChI=1S/C10H9Br3N2OS/c11-5-1-6(12)9(7(13)2-5)15-10(16)8-3-17-4-14-8/h1-2,8,14H,3-4H2,(H,15,16). The number of hydrogen-bond acceptors (Lipinski definition) is 3. The molecule has 0 saturated carbocycles. The van der Waals surface area contributed by atoms with Crippen LogP contribution in [0.2, 0.25) is 0 Å². The van der Waals surface area contributed by atoms with Gasteiger partial charge in [0.1, 0.15) is 0 Å². The van der Waals surface area contributed by atoms with Crippen LogP contribution in [-0.4, -0.2) is 23.6 Å². The average Bonchev–Trinajstić information content (AvgIpc) is 2.76. The normalized spacial score (nSPS) is 19.4. The molecule has 92 valence electrons. The largest absolute Gasteiger partial charge is 0.323 e. The number of amides is 1. The smallest absolute Gasteiger partial charge is 0.242 e. The van der Waals surface area contributed by atoms with Crippen molar-refractivity contribution in [2.45, 2.75) is 6.04 Å². The maximum absolute atomic E-state index is 12.0. The maximum Gasteiger partial charge on any atom is 0.242 e. The first kappa shape index (κ1) is 13.9. The molecule has 0 bridgehead atoms. The van der Waals surface area contributed by atoms with Gasteiger partial charge in [0, 0.05) is 25.0 Å². The summed E-state index contributed by atoms with van der Waals surface area (Å²) in [6.07, 6.45) is 0. The van der Waals surface area contributed by atoms with Gasteiger partial charge in [0.2, 0.25) is 5.91 Å². The topological polar surface area (TPSA) is 41.1 Å². The molecule has 1 atom stereocenters. The summed E-state index contributed by atoms with van der Waals surface area (Å²) >= 11 is 12.0. The zero-order chi connectivity index (χ0) is 12.4. The van der Waals surface area contributed by atoms with Gasteiger partial charge in [-0.3, -0.25) is 10.1 Å². The fourth-order valence-electron chi connectivity index (χ4n) is 1.44. The molecule has 1 amide bonds. The monoisotopic (exact) mass is 442 g/mol. The zero-order valence-corrected chi connectivity index (χ0v) is 14.2. The van der Waals surface area contributed by atoms with Gasteiger partial charge < -0.3 is 5.32 Å². The molecule has 0 radical (unpaired) electrons. The second-order valence-electron chi connectivity index (χ2n) is 3.51. The highest BCUT2D eigenvalue weighted by Crippen LogP contribution is 2.34. The molecule has 7 heteroatoms. The van der Waals surface area contributed by atoms with E-state index in [4.69, 9.17) is 0 Å². The van der Waals surface area contributed by atoms with Crippen molar-refractivity contribution in [1.82, 2.24) is 5.32 Å². The molecule has 1 aromatic rings. The van der Waals surface area contributed by atoms with E-state index in [9.17, 15) is 4.79 Å². The van der Waals surface area contributed by atoms with E-state index in [0.717, 1.165) is 30.7 Å². The van der Waals surface area contributed by atoms with Crippen molar-refractivity contribution in [1.29, 1.82) is 0 Å². The molecule has 2 N–H and O–H groups in total. The number of halogens is 3. The summed E-state index contributed by atoms with van der Waals surface area (Å²) in [5.74, 6) is 1.65. The molecule has 0 spiro atoms. The molecule has 17 heavy (non-hydrogen) atoms. The third-order valence-corrected chi connectivity index (χ3v) is 4.94. The first-order valence-corrected chi connectivity index (χ1v) is 8.38. The minimum absolute atomic E-state index is 0.00118. The average molecular weight is 445 g/mol. The van der Waals surface area contributed by atoms with Crippen LogP contribution in [0.4, 0.5) is 5.69 Å². The van der Waals surface area contributed by atoms with E-state index in [1.54, 1.807) is 11.8 Å². The van der Waals surface area contributed by atoms with Gasteiger partial charge in [0.05, 0.1) is 11.7 Å². The molecule has 1 aliphatic heterocycles. The van der Waals surface area contributed by atoms with Crippen LogP contribution >= 0.6 is 59.6 Å². The van der Waals surface area contributed by atoms with E-state index < -0.39 is 0 Å². The highest BCUT2D eigenvalue weighted by molar-refractivity contribution is 9.11. The van der Waals surface area contributed by atoms with Gasteiger partial charge in [-0.15, -0.1) is 11.8 Å². The Morgan fingerprint density at radius 1 is 1.35 bits per heavy atom. The van der Waals surface area contributed by atoms with Gasteiger partial charge in [-0.05, 0) is 44.0 Å². The Kier molecular flexibility index (Phi) is 4.94. The molecular formula is C10H9Br3N2OS. The Morgan fingerprint density at radius 2 is 2.00 bits per heavy atom. The summed E-state index contributed by atoms with van der Waals surface area (Å²) in [7, 11) is 0. The summed E-state index contributed by atoms with van der Waals surface area (Å²) in [6, 6.07) is 3.69. The second-order valence-corrected chi connectivity index (χ2v) is 7.16. The van der Waals surface area contributed by atoms with Crippen LogP contribution in [0, 0.1) is 0 Å². The maximum atomic E-state index is 12.0. The minimum Gasteiger partial charge on any atom is -0.323 e. The Bertz CT molecular complexity index is 426. The summed E-state index contributed by atoms with van der Waals surface area (Å²) < 4.78 is 2.64. The number of benzene rings is 1. The van der Waals surface area contributed by atoms with Gasteiger partial charge in [-0.1, -0.05) is 15.9 Å². The van der Waals surface area contributed by atoms with E-state index in [1.165, 1.54) is 0 Å². The molecule has 0 aliphatic carbocycles. The molecule has 1 aromatic carbocycles. The minimum atomic E-state index is -0.109. The molecule has 1 saturated heterocycles. The summed E-state index contributed by atoms with van der Waals surface area (Å²) in [4.78, 5) is 12.0. The van der Waals surface area contributed by atoms with Crippen LogP contribution in [-0.2, 0) is 4.79 Å². The van der Waals surface area contributed by atoms with Gasteiger partial charge >= 0.3 is 0 Å². The molecule has 0 aromatic heterocycles. The van der Waals surface area contributed by atoms with Crippen molar-refractivity contribution in [2.75, 3.05) is 16.9 Å². The van der Waals surface area contributed by atoms with Crippen molar-refractivity contribution in [3.8, 4) is 0 Å². The summed E-state index contributed by atoms with van der Waals surface area (Å²) in [6.45, 7) is 0. The van der Waals surface area contributed by atoms with Crippen LogP contribution in [0.1, 0.15) is 0 Å². The van der Waals surface area contributed by atoms with E-state index in [2.05, 4.69) is 58.4 Å². The third kappa shape index (κ3) is 3.47. The second kappa shape index (κ2) is 6.06. The molecule has 2 rings (SSSR count). The highest BCUT2D eigenvalue weighted by Gasteiger charge is 2.23. The molecule has 1 aliphatic rings. The fraction of sp³-hybridized carbons (Fsp3) is 0.300. The fourth-order valence-corrected chi connectivity index (χ4v) is 4.83. The molecule has 1 fully saturated rings. The third-order valence-electron chi connectivity index (χ3n) is 2.29. The van der Waals surface area contributed by atoms with Crippen LogP contribution in [0.5, 0.6) is 0 Å². The molecule has 1 heterocycles. The van der Waals surface area contributed by atoms with Crippen molar-refractivity contribution in [2.24, 2.45) is 0 Å². The number of carbonyl (C=O) groups is 1. The van der Waals surface area contributed by atoms with Gasteiger partial charge in [-0.25, -0.2) is 0 Å². The zero-order valence-electron chi connectivity index (χ0n) is 8.60. The van der Waals surface area contributed by atoms with Crippen LogP contribution < -0.4 is 10.6 Å². The van der Waals surface area contributed by atoms with Crippen LogP contribution in [0.3, 0.4) is 0 Å². The number of carbonyl (C=O) groups excluding carboxylic acids is 1. The number of thioether (sulfide) groups is 1. The van der Waals surface area contributed by atoms with Crippen molar-refractivity contribution < 1.29 is 4.79 Å². The lowest BCUT2D eigenvalue weighted by Gasteiger charge is -2.13. The number of nitrogens with one attached hydrogen (secondary N) is 2. The van der Waals surface area contributed by atoms with Gasteiger partial charge in [0.25, 0.3) is 0 Å².